The normalized spacial score (nSPS) is 19.7. The van der Waals surface area contributed by atoms with E-state index in [1.54, 1.807) is 12.1 Å². The number of nitriles is 1. The Labute approximate surface area is 213 Å². The van der Waals surface area contributed by atoms with Crippen LogP contribution in [0, 0.1) is 23.1 Å². The Kier molecular flexibility index (Phi) is 6.65. The molecule has 1 atom stereocenters. The summed E-state index contributed by atoms with van der Waals surface area (Å²) in [6, 6.07) is 8.24. The molecular formula is C26H26FN7OS. The molecule has 0 saturated carbocycles. The van der Waals surface area contributed by atoms with Crippen LogP contribution in [0.4, 0.5) is 9.52 Å². The van der Waals surface area contributed by atoms with Crippen LogP contribution in [0.3, 0.4) is 0 Å². The molecule has 2 aromatic rings. The zero-order valence-electron chi connectivity index (χ0n) is 20.2. The highest BCUT2D eigenvalue weighted by molar-refractivity contribution is 7.16. The molecule has 1 unspecified atom stereocenters. The molecule has 8 nitrogen and oxygen atoms in total. The minimum absolute atomic E-state index is 0.0101. The molecule has 5 rings (SSSR count). The summed E-state index contributed by atoms with van der Waals surface area (Å²) in [6.07, 6.45) is 5.62. The first kappa shape index (κ1) is 23.9. The number of piperazine rings is 1. The summed E-state index contributed by atoms with van der Waals surface area (Å²) in [5, 5.41) is 13.3. The summed E-state index contributed by atoms with van der Waals surface area (Å²) in [7, 11) is 1.92. The monoisotopic (exact) mass is 503 g/mol. The first-order chi connectivity index (χ1) is 17.5. The number of anilines is 1. The van der Waals surface area contributed by atoms with Crippen molar-refractivity contribution in [3.8, 4) is 17.3 Å². The Morgan fingerprint density at radius 2 is 2.14 bits per heavy atom. The lowest BCUT2D eigenvalue weighted by Crippen LogP contribution is -2.49. The third kappa shape index (κ3) is 4.54. The maximum absolute atomic E-state index is 13.5. The van der Waals surface area contributed by atoms with E-state index in [9.17, 15) is 14.4 Å². The van der Waals surface area contributed by atoms with E-state index < -0.39 is 0 Å². The maximum Gasteiger partial charge on any atom is 0.239 e. The molecule has 1 amide bonds. The summed E-state index contributed by atoms with van der Waals surface area (Å²) in [5.74, 6) is 0.534. The zero-order valence-corrected chi connectivity index (χ0v) is 21.0. The fraction of sp³-hybridized carbons (Fsp3) is 0.346. The Balaban J connectivity index is 1.58. The van der Waals surface area contributed by atoms with Crippen LogP contribution in [0.5, 0.6) is 0 Å². The summed E-state index contributed by atoms with van der Waals surface area (Å²) >= 11 is 1.29. The average Bonchev–Trinajstić information content (AvgIpc) is 3.21. The van der Waals surface area contributed by atoms with E-state index in [0.29, 0.717) is 40.9 Å². The van der Waals surface area contributed by atoms with Crippen molar-refractivity contribution < 1.29 is 9.18 Å². The van der Waals surface area contributed by atoms with Crippen LogP contribution >= 0.6 is 11.3 Å². The number of halogens is 1. The SMILES string of the molecule is CCC1=NCC2CC=CC(N3CCNC(=O)C3)=NC2=C1N(C)c1nc(-c2ccc(F)cc2)c(C#N)s1. The third-order valence-corrected chi connectivity index (χ3v) is 7.52. The molecule has 1 aromatic carbocycles. The van der Waals surface area contributed by atoms with Gasteiger partial charge in [0.25, 0.3) is 0 Å². The lowest BCUT2D eigenvalue weighted by Gasteiger charge is -2.31. The van der Waals surface area contributed by atoms with E-state index in [1.165, 1.54) is 23.5 Å². The number of aliphatic imine (C=N–C) groups is 2. The van der Waals surface area contributed by atoms with E-state index in [1.807, 2.05) is 22.9 Å². The number of hydrogen-bond acceptors (Lipinski definition) is 8. The van der Waals surface area contributed by atoms with Crippen LogP contribution in [0.25, 0.3) is 11.3 Å². The lowest BCUT2D eigenvalue weighted by atomic mass is 9.94. The van der Waals surface area contributed by atoms with Gasteiger partial charge in [0.05, 0.1) is 23.7 Å². The number of carbonyl (C=O) groups excluding carboxylic acids is 1. The minimum atomic E-state index is -0.337. The van der Waals surface area contributed by atoms with Crippen molar-refractivity contribution in [1.82, 2.24) is 15.2 Å². The second kappa shape index (κ2) is 10.0. The summed E-state index contributed by atoms with van der Waals surface area (Å²) < 4.78 is 13.5. The molecule has 3 aliphatic rings. The van der Waals surface area contributed by atoms with Crippen molar-refractivity contribution in [3.05, 3.63) is 58.5 Å². The van der Waals surface area contributed by atoms with Crippen molar-refractivity contribution in [2.45, 2.75) is 19.8 Å². The number of allylic oxidation sites excluding steroid dienone is 2. The van der Waals surface area contributed by atoms with Gasteiger partial charge in [-0.25, -0.2) is 14.4 Å². The number of hydrogen-bond donors (Lipinski definition) is 1. The molecule has 0 spiro atoms. The van der Waals surface area contributed by atoms with Crippen LogP contribution in [-0.4, -0.2) is 60.6 Å². The molecule has 1 saturated heterocycles. The van der Waals surface area contributed by atoms with Gasteiger partial charge < -0.3 is 15.1 Å². The van der Waals surface area contributed by atoms with Crippen molar-refractivity contribution in [3.63, 3.8) is 0 Å². The van der Waals surface area contributed by atoms with Gasteiger partial charge in [-0.3, -0.25) is 9.79 Å². The number of aromatic nitrogens is 1. The number of amides is 1. The largest absolute Gasteiger partial charge is 0.353 e. The zero-order chi connectivity index (χ0) is 25.2. The van der Waals surface area contributed by atoms with Gasteiger partial charge in [0.1, 0.15) is 28.3 Å². The van der Waals surface area contributed by atoms with Gasteiger partial charge in [-0.05, 0) is 43.2 Å². The Hall–Kier alpha value is -3.84. The van der Waals surface area contributed by atoms with Gasteiger partial charge >= 0.3 is 0 Å². The van der Waals surface area contributed by atoms with E-state index in [0.717, 1.165) is 35.8 Å². The fourth-order valence-electron chi connectivity index (χ4n) is 4.63. The molecule has 0 radical (unpaired) electrons. The van der Waals surface area contributed by atoms with Crippen molar-refractivity contribution in [2.24, 2.45) is 15.9 Å². The maximum atomic E-state index is 13.5. The first-order valence-corrected chi connectivity index (χ1v) is 12.8. The Bertz CT molecular complexity index is 1350. The summed E-state index contributed by atoms with van der Waals surface area (Å²) in [6.45, 7) is 4.28. The summed E-state index contributed by atoms with van der Waals surface area (Å²) in [4.78, 5) is 31.2. The number of rotatable bonds is 4. The molecule has 0 bridgehead atoms. The minimum Gasteiger partial charge on any atom is -0.353 e. The Morgan fingerprint density at radius 1 is 1.33 bits per heavy atom. The smallest absolute Gasteiger partial charge is 0.239 e. The quantitative estimate of drug-likeness (QED) is 0.686. The molecule has 4 heterocycles. The number of thiazole rings is 1. The van der Waals surface area contributed by atoms with Gasteiger partial charge in [-0.1, -0.05) is 24.3 Å². The highest BCUT2D eigenvalue weighted by atomic mass is 32.1. The fourth-order valence-corrected chi connectivity index (χ4v) is 5.49. The van der Waals surface area contributed by atoms with Gasteiger partial charge in [0.2, 0.25) is 5.91 Å². The molecule has 1 aromatic heterocycles. The molecule has 3 aliphatic heterocycles. The van der Waals surface area contributed by atoms with Crippen molar-refractivity contribution in [1.29, 1.82) is 5.26 Å². The number of carbonyl (C=O) groups is 1. The number of dihydropyridines is 1. The number of benzene rings is 1. The second-order valence-electron chi connectivity index (χ2n) is 8.80. The van der Waals surface area contributed by atoms with Gasteiger partial charge in [0, 0.05) is 38.2 Å². The lowest BCUT2D eigenvalue weighted by molar-refractivity contribution is -0.122. The van der Waals surface area contributed by atoms with Gasteiger partial charge in [0.15, 0.2) is 5.13 Å². The number of nitrogens with one attached hydrogen (secondary N) is 1. The van der Waals surface area contributed by atoms with E-state index >= 15 is 0 Å². The van der Waals surface area contributed by atoms with Gasteiger partial charge in [-0.15, -0.1) is 0 Å². The molecule has 36 heavy (non-hydrogen) atoms. The molecular weight excluding hydrogens is 477 g/mol. The number of fused-ring (bicyclic) bond motifs is 1. The molecule has 184 valence electrons. The third-order valence-electron chi connectivity index (χ3n) is 6.48. The van der Waals surface area contributed by atoms with E-state index in [4.69, 9.17) is 15.0 Å². The highest BCUT2D eigenvalue weighted by Gasteiger charge is 2.31. The van der Waals surface area contributed by atoms with Crippen LogP contribution in [0.2, 0.25) is 0 Å². The second-order valence-corrected chi connectivity index (χ2v) is 9.78. The predicted molar refractivity (Wildman–Crippen MR) is 140 cm³/mol. The summed E-state index contributed by atoms with van der Waals surface area (Å²) in [5.41, 5.74) is 3.97. The standard InChI is InChI=1S/C26H26FN7OS/c1-3-19-25(33(2)26-32-23(20(13-28)36-26)16-7-9-18(27)10-8-16)24-17(14-30-19)5-4-6-21(31-24)34-12-11-29-22(35)15-34/h4,6-10,17H,3,5,11-12,14-15H2,1-2H3,(H,29,35). The first-order valence-electron chi connectivity index (χ1n) is 11.9. The number of nitrogens with zero attached hydrogens (tertiary/aromatic N) is 6. The average molecular weight is 504 g/mol. The van der Waals surface area contributed by atoms with Crippen molar-refractivity contribution in [2.75, 3.05) is 38.1 Å². The molecule has 10 heteroatoms. The molecule has 1 N–H and O–H groups in total. The Morgan fingerprint density at radius 3 is 2.86 bits per heavy atom. The van der Waals surface area contributed by atoms with Gasteiger partial charge in [-0.2, -0.15) is 5.26 Å². The van der Waals surface area contributed by atoms with Crippen LogP contribution in [0.1, 0.15) is 24.6 Å². The van der Waals surface area contributed by atoms with Crippen LogP contribution in [0.15, 0.2) is 57.8 Å². The van der Waals surface area contributed by atoms with Crippen molar-refractivity contribution >= 4 is 33.9 Å². The topological polar surface area (TPSA) is 97.0 Å². The van der Waals surface area contributed by atoms with Crippen LogP contribution in [-0.2, 0) is 4.79 Å². The predicted octanol–water partition coefficient (Wildman–Crippen LogP) is 3.74. The van der Waals surface area contributed by atoms with E-state index in [-0.39, 0.29) is 24.2 Å². The highest BCUT2D eigenvalue weighted by Crippen LogP contribution is 2.37. The molecule has 0 aliphatic carbocycles. The van der Waals surface area contributed by atoms with Crippen LogP contribution < -0.4 is 10.2 Å². The van der Waals surface area contributed by atoms with E-state index in [2.05, 4.69) is 24.4 Å². The molecule has 1 fully saturated rings. The number of amidine groups is 1.